The molecule has 0 saturated carbocycles. The minimum atomic E-state index is 0.652. The monoisotopic (exact) mass is 239 g/mol. The number of ether oxygens (including phenoxy) is 1. The van der Waals surface area contributed by atoms with Gasteiger partial charge in [-0.15, -0.1) is 10.2 Å². The third-order valence-corrected chi connectivity index (χ3v) is 2.69. The largest absolute Gasteiger partial charge is 0.383 e. The maximum Gasteiger partial charge on any atom is 0.210 e. The Morgan fingerprint density at radius 2 is 2.38 bits per heavy atom. The highest BCUT2D eigenvalue weighted by molar-refractivity contribution is 7.15. The number of rotatable bonds is 5. The fourth-order valence-electron chi connectivity index (χ4n) is 1.21. The molecule has 7 heteroatoms. The van der Waals surface area contributed by atoms with Crippen LogP contribution in [-0.2, 0) is 11.3 Å². The Labute approximate surface area is 97.3 Å². The van der Waals surface area contributed by atoms with E-state index in [1.807, 2.05) is 17.8 Å². The van der Waals surface area contributed by atoms with Gasteiger partial charge in [-0.05, 0) is 6.92 Å². The van der Waals surface area contributed by atoms with Gasteiger partial charge in [0.2, 0.25) is 5.13 Å². The third-order valence-electron chi connectivity index (χ3n) is 1.94. The number of nitrogens with one attached hydrogen (secondary N) is 1. The van der Waals surface area contributed by atoms with Crippen molar-refractivity contribution in [3.63, 3.8) is 0 Å². The van der Waals surface area contributed by atoms with Crippen LogP contribution >= 0.6 is 11.3 Å². The summed E-state index contributed by atoms with van der Waals surface area (Å²) in [5, 5.41) is 17.0. The van der Waals surface area contributed by atoms with Gasteiger partial charge in [0.05, 0.1) is 25.0 Å². The molecule has 0 radical (unpaired) electrons. The first-order valence-electron chi connectivity index (χ1n) is 4.86. The lowest BCUT2D eigenvalue weighted by molar-refractivity contribution is 0.183. The first-order chi connectivity index (χ1) is 7.78. The van der Waals surface area contributed by atoms with Crippen LogP contribution in [0, 0.1) is 6.92 Å². The minimum absolute atomic E-state index is 0.652. The highest BCUT2D eigenvalue weighted by atomic mass is 32.1. The highest BCUT2D eigenvalue weighted by Gasteiger charge is 2.02. The van der Waals surface area contributed by atoms with Crippen molar-refractivity contribution < 1.29 is 4.74 Å². The molecule has 2 rings (SSSR count). The number of aryl methyl sites for hydroxylation is 1. The number of nitrogens with zero attached hydrogens (tertiary/aromatic N) is 4. The number of hydrogen-bond donors (Lipinski definition) is 1. The second-order valence-corrected chi connectivity index (χ2v) is 4.42. The second-order valence-electron chi connectivity index (χ2n) is 3.24. The number of aromatic nitrogens is 4. The topological polar surface area (TPSA) is 64.9 Å². The van der Waals surface area contributed by atoms with E-state index >= 15 is 0 Å². The van der Waals surface area contributed by atoms with E-state index in [-0.39, 0.29) is 0 Å². The molecule has 0 bridgehead atoms. The Hall–Kier alpha value is -1.47. The standard InChI is InChI=1S/C9H13N5OS/c1-7-12-13-9(16-7)11-8-5-10-14(6-8)3-4-15-2/h5-6H,3-4H2,1-2H3,(H,11,13). The molecule has 16 heavy (non-hydrogen) atoms. The summed E-state index contributed by atoms with van der Waals surface area (Å²) in [7, 11) is 1.67. The summed E-state index contributed by atoms with van der Waals surface area (Å²) in [6, 6.07) is 0. The van der Waals surface area contributed by atoms with Crippen molar-refractivity contribution in [1.82, 2.24) is 20.0 Å². The predicted octanol–water partition coefficient (Wildman–Crippen LogP) is 1.43. The van der Waals surface area contributed by atoms with Gasteiger partial charge in [-0.3, -0.25) is 4.68 Å². The summed E-state index contributed by atoms with van der Waals surface area (Å²) < 4.78 is 6.79. The zero-order valence-corrected chi connectivity index (χ0v) is 9.99. The average molecular weight is 239 g/mol. The quantitative estimate of drug-likeness (QED) is 0.855. The van der Waals surface area contributed by atoms with Crippen LogP contribution in [0.15, 0.2) is 12.4 Å². The molecule has 0 fully saturated rings. The Morgan fingerprint density at radius 1 is 1.50 bits per heavy atom. The van der Waals surface area contributed by atoms with E-state index in [0.29, 0.717) is 6.61 Å². The molecule has 0 aliphatic heterocycles. The Balaban J connectivity index is 1.97. The van der Waals surface area contributed by atoms with Crippen LogP contribution < -0.4 is 5.32 Å². The molecule has 2 heterocycles. The second kappa shape index (κ2) is 5.04. The molecule has 0 unspecified atom stereocenters. The van der Waals surface area contributed by atoms with Gasteiger partial charge >= 0.3 is 0 Å². The van der Waals surface area contributed by atoms with E-state index in [9.17, 15) is 0 Å². The van der Waals surface area contributed by atoms with Gasteiger partial charge < -0.3 is 10.1 Å². The Morgan fingerprint density at radius 3 is 3.06 bits per heavy atom. The maximum atomic E-state index is 4.98. The van der Waals surface area contributed by atoms with E-state index in [0.717, 1.165) is 22.4 Å². The van der Waals surface area contributed by atoms with Crippen LogP contribution in [0.25, 0.3) is 0 Å². The first-order valence-corrected chi connectivity index (χ1v) is 5.68. The summed E-state index contributed by atoms with van der Waals surface area (Å²) in [5.41, 5.74) is 0.909. The lowest BCUT2D eigenvalue weighted by Gasteiger charge is -1.98. The van der Waals surface area contributed by atoms with Gasteiger partial charge in [0, 0.05) is 13.3 Å². The molecule has 0 amide bonds. The molecule has 0 aromatic carbocycles. The summed E-state index contributed by atoms with van der Waals surface area (Å²) in [6.07, 6.45) is 3.67. The van der Waals surface area contributed by atoms with Crippen molar-refractivity contribution in [3.05, 3.63) is 17.4 Å². The number of methoxy groups -OCH3 is 1. The zero-order chi connectivity index (χ0) is 11.4. The molecular weight excluding hydrogens is 226 g/mol. The average Bonchev–Trinajstić information content (AvgIpc) is 2.86. The number of hydrogen-bond acceptors (Lipinski definition) is 6. The summed E-state index contributed by atoms with van der Waals surface area (Å²) in [6.45, 7) is 3.32. The normalized spacial score (nSPS) is 10.6. The smallest absolute Gasteiger partial charge is 0.210 e. The van der Waals surface area contributed by atoms with Crippen LogP contribution in [0.1, 0.15) is 5.01 Å². The number of anilines is 2. The van der Waals surface area contributed by atoms with E-state index in [2.05, 4.69) is 20.6 Å². The molecule has 0 saturated heterocycles. The summed E-state index contributed by atoms with van der Waals surface area (Å²) >= 11 is 1.51. The lowest BCUT2D eigenvalue weighted by Crippen LogP contribution is -2.03. The summed E-state index contributed by atoms with van der Waals surface area (Å²) in [4.78, 5) is 0. The van der Waals surface area contributed by atoms with Crippen LogP contribution in [0.2, 0.25) is 0 Å². The van der Waals surface area contributed by atoms with E-state index in [1.54, 1.807) is 13.3 Å². The summed E-state index contributed by atoms with van der Waals surface area (Å²) in [5.74, 6) is 0. The first kappa shape index (κ1) is 11.0. The fourth-order valence-corrected chi connectivity index (χ4v) is 1.82. The molecule has 86 valence electrons. The molecule has 2 aromatic heterocycles. The van der Waals surface area contributed by atoms with Gasteiger partial charge in [0.15, 0.2) is 0 Å². The SMILES string of the molecule is COCCn1cc(Nc2nnc(C)s2)cn1. The lowest BCUT2D eigenvalue weighted by atomic mass is 10.6. The van der Waals surface area contributed by atoms with Crippen molar-refractivity contribution in [2.45, 2.75) is 13.5 Å². The minimum Gasteiger partial charge on any atom is -0.383 e. The van der Waals surface area contributed by atoms with Gasteiger partial charge in [0.1, 0.15) is 5.01 Å². The van der Waals surface area contributed by atoms with Crippen molar-refractivity contribution in [1.29, 1.82) is 0 Å². The molecule has 0 aliphatic carbocycles. The molecule has 0 aliphatic rings. The maximum absolute atomic E-state index is 4.98. The van der Waals surface area contributed by atoms with Crippen molar-refractivity contribution >= 4 is 22.2 Å². The highest BCUT2D eigenvalue weighted by Crippen LogP contribution is 2.19. The molecule has 2 aromatic rings. The Bertz CT molecular complexity index is 452. The molecule has 1 N–H and O–H groups in total. The molecule has 0 atom stereocenters. The molecular formula is C9H13N5OS. The van der Waals surface area contributed by atoms with Crippen LogP contribution in [0.5, 0.6) is 0 Å². The zero-order valence-electron chi connectivity index (χ0n) is 9.17. The van der Waals surface area contributed by atoms with E-state index < -0.39 is 0 Å². The van der Waals surface area contributed by atoms with E-state index in [1.165, 1.54) is 11.3 Å². The van der Waals surface area contributed by atoms with Crippen molar-refractivity contribution in [2.24, 2.45) is 0 Å². The Kier molecular flexibility index (Phi) is 3.47. The molecule has 6 nitrogen and oxygen atoms in total. The van der Waals surface area contributed by atoms with Crippen molar-refractivity contribution in [2.75, 3.05) is 19.0 Å². The van der Waals surface area contributed by atoms with Gasteiger partial charge in [-0.25, -0.2) is 0 Å². The van der Waals surface area contributed by atoms with Gasteiger partial charge in [0.25, 0.3) is 0 Å². The third kappa shape index (κ3) is 2.77. The molecule has 0 spiro atoms. The van der Waals surface area contributed by atoms with Crippen LogP contribution in [-0.4, -0.2) is 33.7 Å². The van der Waals surface area contributed by atoms with Crippen LogP contribution in [0.3, 0.4) is 0 Å². The van der Waals surface area contributed by atoms with Gasteiger partial charge in [-0.1, -0.05) is 11.3 Å². The van der Waals surface area contributed by atoms with Gasteiger partial charge in [-0.2, -0.15) is 5.10 Å². The predicted molar refractivity (Wildman–Crippen MR) is 62.0 cm³/mol. The van der Waals surface area contributed by atoms with E-state index in [4.69, 9.17) is 4.74 Å². The van der Waals surface area contributed by atoms with Crippen molar-refractivity contribution in [3.8, 4) is 0 Å². The fraction of sp³-hybridized carbons (Fsp3) is 0.444. The van der Waals surface area contributed by atoms with Crippen LogP contribution in [0.4, 0.5) is 10.8 Å².